The Kier molecular flexibility index (Phi) is 3.82. The minimum absolute atomic E-state index is 0.0519. The summed E-state index contributed by atoms with van der Waals surface area (Å²) in [4.78, 5) is 15.1. The first kappa shape index (κ1) is 13.1. The van der Waals surface area contributed by atoms with Crippen molar-refractivity contribution in [3.05, 3.63) is 58.6 Å². The molecule has 0 aliphatic heterocycles. The monoisotopic (exact) mass is 275 g/mol. The first-order valence-corrected chi connectivity index (χ1v) is 5.80. The summed E-state index contributed by atoms with van der Waals surface area (Å²) in [5.74, 6) is -1.01. The van der Waals surface area contributed by atoms with Crippen LogP contribution in [0.5, 0.6) is 5.75 Å². The second-order valence-corrected chi connectivity index (χ2v) is 4.22. The third-order valence-corrected chi connectivity index (χ3v) is 2.70. The molecule has 0 amide bonds. The predicted molar refractivity (Wildman–Crippen MR) is 73.8 cm³/mol. The van der Waals surface area contributed by atoms with Gasteiger partial charge in [-0.1, -0.05) is 23.7 Å². The van der Waals surface area contributed by atoms with Crippen molar-refractivity contribution in [1.29, 1.82) is 0 Å². The quantitative estimate of drug-likeness (QED) is 0.842. The van der Waals surface area contributed by atoms with Crippen molar-refractivity contribution >= 4 is 29.5 Å². The summed E-state index contributed by atoms with van der Waals surface area (Å²) < 4.78 is 0. The van der Waals surface area contributed by atoms with Gasteiger partial charge in [-0.15, -0.1) is 0 Å². The number of aliphatic imine (C=N–C) groups is 1. The van der Waals surface area contributed by atoms with Crippen LogP contribution in [0.1, 0.15) is 15.9 Å². The third-order valence-electron chi connectivity index (χ3n) is 2.47. The zero-order valence-electron chi connectivity index (χ0n) is 9.75. The van der Waals surface area contributed by atoms with Gasteiger partial charge < -0.3 is 10.2 Å². The number of benzene rings is 2. The molecule has 0 aliphatic rings. The highest BCUT2D eigenvalue weighted by Crippen LogP contribution is 2.24. The molecule has 0 saturated heterocycles. The largest absolute Gasteiger partial charge is 0.507 e. The van der Waals surface area contributed by atoms with Crippen LogP contribution in [-0.2, 0) is 0 Å². The van der Waals surface area contributed by atoms with Crippen LogP contribution in [0.2, 0.25) is 5.02 Å². The van der Waals surface area contributed by atoms with Crippen LogP contribution in [0, 0.1) is 0 Å². The Labute approximate surface area is 114 Å². The molecule has 0 heterocycles. The van der Waals surface area contributed by atoms with Gasteiger partial charge in [0.2, 0.25) is 0 Å². The molecule has 0 radical (unpaired) electrons. The fourth-order valence-electron chi connectivity index (χ4n) is 1.53. The Balaban J connectivity index is 2.41. The van der Waals surface area contributed by atoms with Gasteiger partial charge in [-0.05, 0) is 30.3 Å². The molecule has 96 valence electrons. The first-order valence-electron chi connectivity index (χ1n) is 5.43. The van der Waals surface area contributed by atoms with Crippen LogP contribution in [-0.4, -0.2) is 22.4 Å². The second kappa shape index (κ2) is 5.54. The van der Waals surface area contributed by atoms with E-state index in [2.05, 4.69) is 4.99 Å². The molecular formula is C14H10ClNO3. The average Bonchev–Trinajstić information content (AvgIpc) is 2.37. The molecule has 19 heavy (non-hydrogen) atoms. The maximum absolute atomic E-state index is 11.0. The minimum atomic E-state index is -1.08. The standard InChI is InChI=1S/C14H10ClNO3/c15-10-5-6-11(14(18)19)12(7-10)16-8-9-3-1-2-4-13(9)17/h1-8,17H,(H,18,19). The lowest BCUT2D eigenvalue weighted by atomic mass is 10.2. The molecule has 0 aromatic heterocycles. The van der Waals surface area contributed by atoms with Crippen molar-refractivity contribution in [2.45, 2.75) is 0 Å². The predicted octanol–water partition coefficient (Wildman–Crippen LogP) is 3.49. The van der Waals surface area contributed by atoms with Gasteiger partial charge in [-0.3, -0.25) is 4.99 Å². The highest BCUT2D eigenvalue weighted by molar-refractivity contribution is 6.31. The number of aromatic carboxylic acids is 1. The van der Waals surface area contributed by atoms with Crippen LogP contribution in [0.3, 0.4) is 0 Å². The summed E-state index contributed by atoms with van der Waals surface area (Å²) in [5.41, 5.74) is 0.790. The van der Waals surface area contributed by atoms with E-state index in [1.54, 1.807) is 18.2 Å². The topological polar surface area (TPSA) is 69.9 Å². The minimum Gasteiger partial charge on any atom is -0.507 e. The molecule has 2 aromatic rings. The molecule has 0 fully saturated rings. The van der Waals surface area contributed by atoms with E-state index < -0.39 is 5.97 Å². The highest BCUT2D eigenvalue weighted by Gasteiger charge is 2.09. The lowest BCUT2D eigenvalue weighted by Gasteiger charge is -2.02. The Morgan fingerprint density at radius 2 is 1.95 bits per heavy atom. The van der Waals surface area contributed by atoms with Crippen LogP contribution >= 0.6 is 11.6 Å². The number of rotatable bonds is 3. The lowest BCUT2D eigenvalue weighted by Crippen LogP contribution is -1.96. The van der Waals surface area contributed by atoms with Gasteiger partial charge in [0.1, 0.15) is 5.75 Å². The molecule has 0 spiro atoms. The van der Waals surface area contributed by atoms with Gasteiger partial charge in [-0.2, -0.15) is 0 Å². The number of carboxylic acid groups (broad SMARTS) is 1. The van der Waals surface area contributed by atoms with Crippen molar-refractivity contribution in [2.24, 2.45) is 4.99 Å². The second-order valence-electron chi connectivity index (χ2n) is 3.78. The lowest BCUT2D eigenvalue weighted by molar-refractivity contribution is 0.0698. The van der Waals surface area contributed by atoms with Crippen LogP contribution in [0.15, 0.2) is 47.5 Å². The smallest absolute Gasteiger partial charge is 0.337 e. The van der Waals surface area contributed by atoms with Crippen molar-refractivity contribution < 1.29 is 15.0 Å². The van der Waals surface area contributed by atoms with Gasteiger partial charge >= 0.3 is 5.97 Å². The summed E-state index contributed by atoms with van der Waals surface area (Å²) in [6.45, 7) is 0. The van der Waals surface area contributed by atoms with Gasteiger partial charge in [0.15, 0.2) is 0 Å². The molecule has 0 bridgehead atoms. The molecule has 0 atom stereocenters. The molecule has 2 aromatic carbocycles. The van der Waals surface area contributed by atoms with Gasteiger partial charge in [0, 0.05) is 16.8 Å². The number of hydrogen-bond acceptors (Lipinski definition) is 3. The SMILES string of the molecule is O=C(O)c1ccc(Cl)cc1N=Cc1ccccc1O. The van der Waals surface area contributed by atoms with E-state index in [9.17, 15) is 9.90 Å². The Morgan fingerprint density at radius 1 is 1.21 bits per heavy atom. The fraction of sp³-hybridized carbons (Fsp3) is 0. The van der Waals surface area contributed by atoms with Crippen LogP contribution < -0.4 is 0 Å². The number of para-hydroxylation sites is 1. The molecular weight excluding hydrogens is 266 g/mol. The molecule has 0 saturated carbocycles. The summed E-state index contributed by atoms with van der Waals surface area (Å²) in [6, 6.07) is 11.0. The van der Waals surface area contributed by atoms with Crippen molar-refractivity contribution in [1.82, 2.24) is 0 Å². The fourth-order valence-corrected chi connectivity index (χ4v) is 1.69. The average molecular weight is 276 g/mol. The molecule has 0 unspecified atom stereocenters. The van der Waals surface area contributed by atoms with Crippen LogP contribution in [0.4, 0.5) is 5.69 Å². The summed E-state index contributed by atoms with van der Waals surface area (Å²) >= 11 is 5.82. The first-order chi connectivity index (χ1) is 9.08. The van der Waals surface area contributed by atoms with E-state index in [0.29, 0.717) is 10.6 Å². The molecule has 2 N–H and O–H groups in total. The van der Waals surface area contributed by atoms with Crippen molar-refractivity contribution in [3.8, 4) is 5.75 Å². The number of phenolic OH excluding ortho intramolecular Hbond substituents is 1. The highest BCUT2D eigenvalue weighted by atomic mass is 35.5. The normalized spacial score (nSPS) is 10.8. The summed E-state index contributed by atoms with van der Waals surface area (Å²) in [7, 11) is 0. The number of halogens is 1. The van der Waals surface area contributed by atoms with E-state index in [1.807, 2.05) is 0 Å². The number of aromatic hydroxyl groups is 1. The van der Waals surface area contributed by atoms with Crippen molar-refractivity contribution in [3.63, 3.8) is 0 Å². The zero-order chi connectivity index (χ0) is 13.8. The summed E-state index contributed by atoms with van der Waals surface area (Å²) in [5, 5.41) is 19.0. The van der Waals surface area contributed by atoms with Gasteiger partial charge in [0.05, 0.1) is 11.3 Å². The number of carbonyl (C=O) groups is 1. The maximum atomic E-state index is 11.0. The molecule has 0 aliphatic carbocycles. The third kappa shape index (κ3) is 3.11. The molecule has 5 heteroatoms. The Bertz CT molecular complexity index is 653. The van der Waals surface area contributed by atoms with Crippen LogP contribution in [0.25, 0.3) is 0 Å². The molecule has 2 rings (SSSR count). The number of phenols is 1. The van der Waals surface area contributed by atoms with E-state index >= 15 is 0 Å². The van der Waals surface area contributed by atoms with Gasteiger partial charge in [0.25, 0.3) is 0 Å². The number of nitrogens with zero attached hydrogens (tertiary/aromatic N) is 1. The van der Waals surface area contributed by atoms with E-state index in [-0.39, 0.29) is 17.0 Å². The summed E-state index contributed by atoms with van der Waals surface area (Å²) in [6.07, 6.45) is 1.40. The Morgan fingerprint density at radius 3 is 2.63 bits per heavy atom. The van der Waals surface area contributed by atoms with Gasteiger partial charge in [-0.25, -0.2) is 4.79 Å². The van der Waals surface area contributed by atoms with E-state index in [1.165, 1.54) is 30.5 Å². The number of hydrogen-bond donors (Lipinski definition) is 2. The van der Waals surface area contributed by atoms with E-state index in [4.69, 9.17) is 16.7 Å². The number of carboxylic acids is 1. The Hall–Kier alpha value is -2.33. The van der Waals surface area contributed by atoms with E-state index in [0.717, 1.165) is 0 Å². The van der Waals surface area contributed by atoms with Crippen molar-refractivity contribution in [2.75, 3.05) is 0 Å². The zero-order valence-corrected chi connectivity index (χ0v) is 10.5. The molecule has 4 nitrogen and oxygen atoms in total. The maximum Gasteiger partial charge on any atom is 0.337 e.